The number of aromatic nitrogens is 1. The van der Waals surface area contributed by atoms with Gasteiger partial charge in [0.2, 0.25) is 0 Å². The van der Waals surface area contributed by atoms with E-state index in [1.165, 1.54) is 16.7 Å². The van der Waals surface area contributed by atoms with Gasteiger partial charge >= 0.3 is 0 Å². The van der Waals surface area contributed by atoms with E-state index in [2.05, 4.69) is 66.2 Å². The highest BCUT2D eigenvalue weighted by Gasteiger charge is 2.25. The van der Waals surface area contributed by atoms with Gasteiger partial charge < -0.3 is 14.1 Å². The van der Waals surface area contributed by atoms with Gasteiger partial charge in [-0.2, -0.15) is 0 Å². The van der Waals surface area contributed by atoms with E-state index < -0.39 is 0 Å². The van der Waals surface area contributed by atoms with Crippen LogP contribution in [-0.2, 0) is 18.6 Å². The van der Waals surface area contributed by atoms with Crippen molar-refractivity contribution in [3.05, 3.63) is 119 Å². The standard InChI is InChI=1S/C31H33N3O3/c1-31(2,25-8-4-3-5-9-25)26-10-12-27(13-11-26)36-23-28-14-15-29(37-28)30(35)34-19-17-33(18-20-34)22-24-7-6-16-32-21-24/h3-16,21H,17-20,22-23H2,1-2H3. The summed E-state index contributed by atoms with van der Waals surface area (Å²) < 4.78 is 11.8. The molecule has 190 valence electrons. The number of carbonyl (C=O) groups excluding carboxylic acids is 1. The van der Waals surface area contributed by atoms with Gasteiger partial charge in [0.05, 0.1) is 0 Å². The van der Waals surface area contributed by atoms with Crippen molar-refractivity contribution in [2.75, 3.05) is 26.2 Å². The van der Waals surface area contributed by atoms with Crippen LogP contribution in [0.1, 0.15) is 46.9 Å². The fraction of sp³-hybridized carbons (Fsp3) is 0.290. The molecule has 1 aliphatic heterocycles. The van der Waals surface area contributed by atoms with Crippen molar-refractivity contribution >= 4 is 5.91 Å². The molecule has 0 radical (unpaired) electrons. The first-order valence-electron chi connectivity index (χ1n) is 12.8. The second-order valence-corrected chi connectivity index (χ2v) is 10.00. The number of furan rings is 1. The van der Waals surface area contributed by atoms with Crippen molar-refractivity contribution in [2.45, 2.75) is 32.4 Å². The van der Waals surface area contributed by atoms with E-state index in [0.29, 0.717) is 24.6 Å². The van der Waals surface area contributed by atoms with Crippen LogP contribution in [0.4, 0.5) is 0 Å². The van der Waals surface area contributed by atoms with Crippen LogP contribution < -0.4 is 4.74 Å². The molecule has 0 saturated carbocycles. The zero-order valence-corrected chi connectivity index (χ0v) is 21.5. The molecule has 6 heteroatoms. The zero-order chi connectivity index (χ0) is 25.7. The lowest BCUT2D eigenvalue weighted by atomic mass is 9.78. The fourth-order valence-electron chi connectivity index (χ4n) is 4.73. The predicted octanol–water partition coefficient (Wildman–Crippen LogP) is 5.54. The van der Waals surface area contributed by atoms with E-state index in [9.17, 15) is 4.79 Å². The van der Waals surface area contributed by atoms with Crippen molar-refractivity contribution in [3.63, 3.8) is 0 Å². The largest absolute Gasteiger partial charge is 0.486 e. The third-order valence-corrected chi connectivity index (χ3v) is 7.11. The Kier molecular flexibility index (Phi) is 7.37. The SMILES string of the molecule is CC(C)(c1ccccc1)c1ccc(OCc2ccc(C(=O)N3CCN(Cc4cccnc4)CC3)o2)cc1. The molecule has 4 aromatic rings. The molecule has 2 aromatic carbocycles. The van der Waals surface area contributed by atoms with Crippen molar-refractivity contribution in [1.29, 1.82) is 0 Å². The Morgan fingerprint density at radius 2 is 1.62 bits per heavy atom. The summed E-state index contributed by atoms with van der Waals surface area (Å²) in [6, 6.07) is 26.3. The number of hydrogen-bond donors (Lipinski definition) is 0. The Labute approximate surface area is 218 Å². The molecule has 37 heavy (non-hydrogen) atoms. The number of hydrogen-bond acceptors (Lipinski definition) is 5. The van der Waals surface area contributed by atoms with Gasteiger partial charge in [-0.15, -0.1) is 0 Å². The third kappa shape index (κ3) is 5.92. The van der Waals surface area contributed by atoms with E-state index in [-0.39, 0.29) is 17.9 Å². The quantitative estimate of drug-likeness (QED) is 0.321. The lowest BCUT2D eigenvalue weighted by molar-refractivity contribution is 0.0594. The van der Waals surface area contributed by atoms with Crippen LogP contribution >= 0.6 is 0 Å². The van der Waals surface area contributed by atoms with Gasteiger partial charge in [0.15, 0.2) is 5.76 Å². The van der Waals surface area contributed by atoms with Crippen molar-refractivity contribution < 1.29 is 13.9 Å². The molecular formula is C31H33N3O3. The topological polar surface area (TPSA) is 58.8 Å². The number of ether oxygens (including phenoxy) is 1. The number of nitrogens with zero attached hydrogens (tertiary/aromatic N) is 3. The highest BCUT2D eigenvalue weighted by Crippen LogP contribution is 2.32. The van der Waals surface area contributed by atoms with Crippen LogP contribution in [0.3, 0.4) is 0 Å². The zero-order valence-electron chi connectivity index (χ0n) is 21.5. The van der Waals surface area contributed by atoms with Gasteiger partial charge in [0.1, 0.15) is 18.1 Å². The van der Waals surface area contributed by atoms with Gasteiger partial charge in [-0.1, -0.05) is 62.4 Å². The van der Waals surface area contributed by atoms with Crippen molar-refractivity contribution in [1.82, 2.24) is 14.8 Å². The first kappa shape index (κ1) is 24.8. The average Bonchev–Trinajstić information content (AvgIpc) is 3.42. The lowest BCUT2D eigenvalue weighted by Gasteiger charge is -2.34. The van der Waals surface area contributed by atoms with Crippen LogP contribution in [0.2, 0.25) is 0 Å². The van der Waals surface area contributed by atoms with Gasteiger partial charge in [-0.25, -0.2) is 0 Å². The average molecular weight is 496 g/mol. The van der Waals surface area contributed by atoms with Crippen LogP contribution in [0.5, 0.6) is 5.75 Å². The van der Waals surface area contributed by atoms with Gasteiger partial charge in [0, 0.05) is 50.5 Å². The third-order valence-electron chi connectivity index (χ3n) is 7.11. The maximum atomic E-state index is 13.0. The molecule has 1 fully saturated rings. The summed E-state index contributed by atoms with van der Waals surface area (Å²) in [5.74, 6) is 1.69. The maximum Gasteiger partial charge on any atom is 0.289 e. The summed E-state index contributed by atoms with van der Waals surface area (Å²) in [6.45, 7) is 8.58. The minimum atomic E-state index is -0.0969. The van der Waals surface area contributed by atoms with Gasteiger partial charge in [0.25, 0.3) is 5.91 Å². The molecule has 0 N–H and O–H groups in total. The highest BCUT2D eigenvalue weighted by molar-refractivity contribution is 5.91. The molecule has 0 atom stereocenters. The Morgan fingerprint density at radius 3 is 2.32 bits per heavy atom. The van der Waals surface area contributed by atoms with Gasteiger partial charge in [-0.05, 0) is 47.0 Å². The molecule has 1 aliphatic rings. The molecule has 0 aliphatic carbocycles. The Hall–Kier alpha value is -3.90. The minimum absolute atomic E-state index is 0.0697. The molecular weight excluding hydrogens is 462 g/mol. The number of benzene rings is 2. The summed E-state index contributed by atoms with van der Waals surface area (Å²) in [5, 5.41) is 0. The van der Waals surface area contributed by atoms with E-state index in [1.807, 2.05) is 41.4 Å². The first-order chi connectivity index (χ1) is 18.0. The summed E-state index contributed by atoms with van der Waals surface area (Å²) in [5.41, 5.74) is 3.58. The number of carbonyl (C=O) groups is 1. The predicted molar refractivity (Wildman–Crippen MR) is 143 cm³/mol. The second-order valence-electron chi connectivity index (χ2n) is 10.00. The smallest absolute Gasteiger partial charge is 0.289 e. The molecule has 2 aromatic heterocycles. The summed E-state index contributed by atoms with van der Waals surface area (Å²) in [6.07, 6.45) is 3.68. The van der Waals surface area contributed by atoms with Gasteiger partial charge in [-0.3, -0.25) is 14.7 Å². The van der Waals surface area contributed by atoms with Crippen molar-refractivity contribution in [3.8, 4) is 5.75 Å². The Morgan fingerprint density at radius 1 is 0.892 bits per heavy atom. The summed E-state index contributed by atoms with van der Waals surface area (Å²) in [7, 11) is 0. The normalized spacial score (nSPS) is 14.5. The van der Waals surface area contributed by atoms with Crippen LogP contribution in [0, 0.1) is 0 Å². The maximum absolute atomic E-state index is 13.0. The number of pyridine rings is 1. The van der Waals surface area contributed by atoms with Crippen molar-refractivity contribution in [2.24, 2.45) is 0 Å². The first-order valence-corrected chi connectivity index (χ1v) is 12.8. The number of rotatable bonds is 8. The molecule has 1 saturated heterocycles. The van der Waals surface area contributed by atoms with E-state index in [4.69, 9.17) is 9.15 Å². The molecule has 0 bridgehead atoms. The lowest BCUT2D eigenvalue weighted by Crippen LogP contribution is -2.48. The van der Waals surface area contributed by atoms with Crippen LogP contribution in [0.25, 0.3) is 0 Å². The molecule has 5 rings (SSSR count). The Bertz CT molecular complexity index is 1290. The van der Waals surface area contributed by atoms with Crippen LogP contribution in [-0.4, -0.2) is 46.9 Å². The van der Waals surface area contributed by atoms with Crippen LogP contribution in [0.15, 0.2) is 95.7 Å². The molecule has 6 nitrogen and oxygen atoms in total. The Balaban J connectivity index is 1.12. The molecule has 1 amide bonds. The number of amides is 1. The number of piperazine rings is 1. The summed E-state index contributed by atoms with van der Waals surface area (Å²) >= 11 is 0. The van der Waals surface area contributed by atoms with E-state index in [1.54, 1.807) is 12.3 Å². The molecule has 3 heterocycles. The second kappa shape index (κ2) is 11.0. The van der Waals surface area contributed by atoms with E-state index >= 15 is 0 Å². The molecule has 0 unspecified atom stereocenters. The fourth-order valence-corrected chi connectivity index (χ4v) is 4.73. The molecule has 0 spiro atoms. The minimum Gasteiger partial charge on any atom is -0.486 e. The summed E-state index contributed by atoms with van der Waals surface area (Å²) in [4.78, 5) is 21.3. The highest BCUT2D eigenvalue weighted by atomic mass is 16.5. The van der Waals surface area contributed by atoms with E-state index in [0.717, 1.165) is 25.4 Å². The monoisotopic (exact) mass is 495 g/mol.